The Morgan fingerprint density at radius 3 is 2.86 bits per heavy atom. The van der Waals surface area contributed by atoms with Crippen LogP contribution in [0, 0.1) is 6.92 Å². The molecule has 1 saturated heterocycles. The lowest BCUT2D eigenvalue weighted by molar-refractivity contribution is 0.0717. The van der Waals surface area contributed by atoms with Crippen molar-refractivity contribution >= 4 is 5.82 Å². The Kier molecular flexibility index (Phi) is 6.58. The summed E-state index contributed by atoms with van der Waals surface area (Å²) in [6.45, 7) is 8.53. The van der Waals surface area contributed by atoms with Gasteiger partial charge in [-0.05, 0) is 46.5 Å². The highest BCUT2D eigenvalue weighted by atomic mass is 16.5. The zero-order valence-corrected chi connectivity index (χ0v) is 14.3. The maximum absolute atomic E-state index is 5.74. The van der Waals surface area contributed by atoms with Crippen molar-refractivity contribution < 1.29 is 9.47 Å². The highest BCUT2D eigenvalue weighted by Crippen LogP contribution is 2.26. The van der Waals surface area contributed by atoms with E-state index in [1.807, 2.05) is 6.92 Å². The summed E-state index contributed by atoms with van der Waals surface area (Å²) in [5.74, 6) is 1.80. The van der Waals surface area contributed by atoms with E-state index >= 15 is 0 Å². The molecule has 2 heterocycles. The van der Waals surface area contributed by atoms with E-state index in [0.717, 1.165) is 36.9 Å². The first kappa shape index (κ1) is 17.2. The van der Waals surface area contributed by atoms with Crippen LogP contribution in [0.5, 0.6) is 0 Å². The van der Waals surface area contributed by atoms with Gasteiger partial charge < -0.3 is 14.4 Å². The molecule has 1 atom stereocenters. The molecule has 0 aliphatic carbocycles. The number of methoxy groups -OCH3 is 1. The average Bonchev–Trinajstić information content (AvgIpc) is 2.47. The van der Waals surface area contributed by atoms with Gasteiger partial charge in [0.2, 0.25) is 0 Å². The van der Waals surface area contributed by atoms with E-state index in [1.54, 1.807) is 7.11 Å². The summed E-state index contributed by atoms with van der Waals surface area (Å²) in [6.07, 6.45) is 5.08. The number of aryl methyl sites for hydroxylation is 1. The van der Waals surface area contributed by atoms with Crippen molar-refractivity contribution in [1.82, 2.24) is 9.97 Å². The fourth-order valence-electron chi connectivity index (χ4n) is 3.00. The van der Waals surface area contributed by atoms with Gasteiger partial charge in [0, 0.05) is 38.1 Å². The Morgan fingerprint density at radius 1 is 1.32 bits per heavy atom. The topological polar surface area (TPSA) is 47.5 Å². The molecular weight excluding hydrogens is 278 g/mol. The van der Waals surface area contributed by atoms with E-state index in [2.05, 4.69) is 34.8 Å². The van der Waals surface area contributed by atoms with Crippen molar-refractivity contribution in [2.24, 2.45) is 0 Å². The number of hydrogen-bond acceptors (Lipinski definition) is 5. The van der Waals surface area contributed by atoms with Gasteiger partial charge in [-0.2, -0.15) is 0 Å². The normalized spacial score (nSPS) is 19.0. The van der Waals surface area contributed by atoms with Crippen LogP contribution in [-0.4, -0.2) is 42.4 Å². The molecule has 2 rings (SSSR count). The second-order valence-electron chi connectivity index (χ2n) is 6.27. The van der Waals surface area contributed by atoms with Crippen LogP contribution >= 0.6 is 0 Å². The minimum atomic E-state index is 0.298. The summed E-state index contributed by atoms with van der Waals surface area (Å²) in [4.78, 5) is 11.6. The number of nitrogens with zero attached hydrogens (tertiary/aromatic N) is 3. The molecule has 1 aromatic heterocycles. The van der Waals surface area contributed by atoms with Crippen molar-refractivity contribution in [3.63, 3.8) is 0 Å². The summed E-state index contributed by atoms with van der Waals surface area (Å²) >= 11 is 0. The molecule has 1 aliphatic rings. The molecular formula is C17H29N3O2. The van der Waals surface area contributed by atoms with Gasteiger partial charge >= 0.3 is 0 Å². The van der Waals surface area contributed by atoms with Crippen molar-refractivity contribution in [3.8, 4) is 0 Å². The van der Waals surface area contributed by atoms with Crippen LogP contribution in [0.2, 0.25) is 0 Å². The molecule has 22 heavy (non-hydrogen) atoms. The van der Waals surface area contributed by atoms with E-state index in [0.29, 0.717) is 18.8 Å². The monoisotopic (exact) mass is 307 g/mol. The van der Waals surface area contributed by atoms with Crippen molar-refractivity contribution in [3.05, 3.63) is 17.6 Å². The van der Waals surface area contributed by atoms with Crippen molar-refractivity contribution in [2.75, 3.05) is 25.2 Å². The second-order valence-corrected chi connectivity index (χ2v) is 6.27. The Balaban J connectivity index is 2.09. The molecule has 124 valence electrons. The van der Waals surface area contributed by atoms with Gasteiger partial charge in [-0.3, -0.25) is 0 Å². The third-order valence-corrected chi connectivity index (χ3v) is 3.98. The molecule has 0 bridgehead atoms. The number of hydrogen-bond donors (Lipinski definition) is 0. The van der Waals surface area contributed by atoms with Crippen LogP contribution in [0.15, 0.2) is 6.07 Å². The molecule has 1 fully saturated rings. The van der Waals surface area contributed by atoms with E-state index in [1.165, 1.54) is 19.3 Å². The SMILES string of the molecule is COCc1nc(C)cc(N2CCCCC2CCOC(C)C)n1. The number of anilines is 1. The molecule has 0 N–H and O–H groups in total. The number of ether oxygens (including phenoxy) is 2. The summed E-state index contributed by atoms with van der Waals surface area (Å²) in [5, 5.41) is 0. The highest BCUT2D eigenvalue weighted by molar-refractivity contribution is 5.41. The second kappa shape index (κ2) is 8.44. The minimum Gasteiger partial charge on any atom is -0.379 e. The van der Waals surface area contributed by atoms with Crippen molar-refractivity contribution in [2.45, 2.75) is 65.2 Å². The standard InChI is InChI=1S/C17H29N3O2/c1-13(2)22-10-8-15-7-5-6-9-20(15)17-11-14(3)18-16(19-17)12-21-4/h11,13,15H,5-10,12H2,1-4H3. The lowest BCUT2D eigenvalue weighted by atomic mass is 9.99. The predicted octanol–water partition coefficient (Wildman–Crippen LogP) is 3.11. The number of rotatable bonds is 7. The number of aromatic nitrogens is 2. The fourth-order valence-corrected chi connectivity index (χ4v) is 3.00. The lowest BCUT2D eigenvalue weighted by Crippen LogP contribution is -2.41. The van der Waals surface area contributed by atoms with Crippen LogP contribution in [0.1, 0.15) is 51.0 Å². The average molecular weight is 307 g/mol. The van der Waals surface area contributed by atoms with Crippen LogP contribution in [-0.2, 0) is 16.1 Å². The fraction of sp³-hybridized carbons (Fsp3) is 0.765. The summed E-state index contributed by atoms with van der Waals surface area (Å²) in [6, 6.07) is 2.60. The Labute approximate surface area is 134 Å². The minimum absolute atomic E-state index is 0.298. The van der Waals surface area contributed by atoms with E-state index in [9.17, 15) is 0 Å². The highest BCUT2D eigenvalue weighted by Gasteiger charge is 2.24. The molecule has 0 radical (unpaired) electrons. The van der Waals surface area contributed by atoms with Gasteiger partial charge in [-0.25, -0.2) is 9.97 Å². The smallest absolute Gasteiger partial charge is 0.156 e. The summed E-state index contributed by atoms with van der Waals surface area (Å²) in [7, 11) is 1.68. The molecule has 0 aromatic carbocycles. The maximum Gasteiger partial charge on any atom is 0.156 e. The van der Waals surface area contributed by atoms with Crippen LogP contribution in [0.25, 0.3) is 0 Å². The van der Waals surface area contributed by atoms with Gasteiger partial charge in [0.25, 0.3) is 0 Å². The first-order valence-electron chi connectivity index (χ1n) is 8.32. The lowest BCUT2D eigenvalue weighted by Gasteiger charge is -2.37. The van der Waals surface area contributed by atoms with Crippen LogP contribution in [0.3, 0.4) is 0 Å². The van der Waals surface area contributed by atoms with Crippen LogP contribution in [0.4, 0.5) is 5.82 Å². The molecule has 1 aromatic rings. The van der Waals surface area contributed by atoms with Gasteiger partial charge in [-0.15, -0.1) is 0 Å². The Bertz CT molecular complexity index is 465. The zero-order chi connectivity index (χ0) is 15.9. The quantitative estimate of drug-likeness (QED) is 0.774. The van der Waals surface area contributed by atoms with E-state index in [-0.39, 0.29) is 0 Å². The van der Waals surface area contributed by atoms with Gasteiger partial charge in [0.1, 0.15) is 12.4 Å². The molecule has 5 heteroatoms. The predicted molar refractivity (Wildman–Crippen MR) is 88.2 cm³/mol. The first-order valence-corrected chi connectivity index (χ1v) is 8.32. The van der Waals surface area contributed by atoms with E-state index < -0.39 is 0 Å². The maximum atomic E-state index is 5.74. The van der Waals surface area contributed by atoms with Gasteiger partial charge in [0.05, 0.1) is 6.10 Å². The summed E-state index contributed by atoms with van der Waals surface area (Å²) < 4.78 is 10.9. The molecule has 1 unspecified atom stereocenters. The van der Waals surface area contributed by atoms with Crippen LogP contribution < -0.4 is 4.90 Å². The molecule has 0 amide bonds. The first-order chi connectivity index (χ1) is 10.6. The third-order valence-electron chi connectivity index (χ3n) is 3.98. The molecule has 0 saturated carbocycles. The summed E-state index contributed by atoms with van der Waals surface area (Å²) in [5.41, 5.74) is 1.000. The molecule has 5 nitrogen and oxygen atoms in total. The van der Waals surface area contributed by atoms with Gasteiger partial charge in [-0.1, -0.05) is 0 Å². The zero-order valence-electron chi connectivity index (χ0n) is 14.3. The van der Waals surface area contributed by atoms with Gasteiger partial charge in [0.15, 0.2) is 5.82 Å². The number of piperidine rings is 1. The Morgan fingerprint density at radius 2 is 2.14 bits per heavy atom. The van der Waals surface area contributed by atoms with E-state index in [4.69, 9.17) is 9.47 Å². The molecule has 0 spiro atoms. The third kappa shape index (κ3) is 4.92. The van der Waals surface area contributed by atoms with Crippen molar-refractivity contribution in [1.29, 1.82) is 0 Å². The Hall–Kier alpha value is -1.20. The largest absolute Gasteiger partial charge is 0.379 e. The molecule has 1 aliphatic heterocycles.